The fourth-order valence-corrected chi connectivity index (χ4v) is 2.67. The molecule has 0 bridgehead atoms. The van der Waals surface area contributed by atoms with E-state index in [0.29, 0.717) is 12.1 Å². The first-order valence-corrected chi connectivity index (χ1v) is 7.10. The van der Waals surface area contributed by atoms with E-state index in [0.717, 1.165) is 32.2 Å². The summed E-state index contributed by atoms with van der Waals surface area (Å²) < 4.78 is 26.7. The second-order valence-electron chi connectivity index (χ2n) is 5.36. The Labute approximate surface area is 123 Å². The molecule has 0 spiro atoms. The van der Waals surface area contributed by atoms with Crippen molar-refractivity contribution in [2.75, 3.05) is 32.7 Å². The van der Waals surface area contributed by atoms with Gasteiger partial charge in [0.15, 0.2) is 0 Å². The molecular weight excluding hydrogens is 278 g/mol. The van der Waals surface area contributed by atoms with Gasteiger partial charge in [-0.15, -0.1) is 0 Å². The standard InChI is InChI=1S/C15H20F2N2O2/c1-11(13-3-2-12(16)10-14(13)17)19-8-6-18(7-9-19)5-4-15(20)21/h2-3,10-11H,4-9H2,1H3,(H,20,21)/t11-/m0/s1. The number of carbonyl (C=O) groups is 1. The summed E-state index contributed by atoms with van der Waals surface area (Å²) in [6, 6.07) is 3.56. The van der Waals surface area contributed by atoms with Gasteiger partial charge in [0.05, 0.1) is 6.42 Å². The Balaban J connectivity index is 1.90. The van der Waals surface area contributed by atoms with Crippen molar-refractivity contribution in [3.63, 3.8) is 0 Å². The number of nitrogens with zero attached hydrogens (tertiary/aromatic N) is 2. The van der Waals surface area contributed by atoms with Crippen LogP contribution in [0.2, 0.25) is 0 Å². The average Bonchev–Trinajstić information content (AvgIpc) is 2.45. The Hall–Kier alpha value is -1.53. The third kappa shape index (κ3) is 4.22. The van der Waals surface area contributed by atoms with E-state index in [1.165, 1.54) is 12.1 Å². The van der Waals surface area contributed by atoms with Gasteiger partial charge in [0.2, 0.25) is 0 Å². The van der Waals surface area contributed by atoms with Crippen molar-refractivity contribution < 1.29 is 18.7 Å². The van der Waals surface area contributed by atoms with Gasteiger partial charge in [-0.1, -0.05) is 6.07 Å². The first kappa shape index (κ1) is 15.9. The van der Waals surface area contributed by atoms with Crippen molar-refractivity contribution in [2.45, 2.75) is 19.4 Å². The van der Waals surface area contributed by atoms with E-state index in [1.54, 1.807) is 0 Å². The van der Waals surface area contributed by atoms with Crippen molar-refractivity contribution in [3.05, 3.63) is 35.4 Å². The first-order chi connectivity index (χ1) is 9.97. The van der Waals surface area contributed by atoms with Crippen LogP contribution in [-0.4, -0.2) is 53.6 Å². The van der Waals surface area contributed by atoms with Crippen LogP contribution in [-0.2, 0) is 4.79 Å². The zero-order valence-electron chi connectivity index (χ0n) is 12.1. The van der Waals surface area contributed by atoms with Gasteiger partial charge in [0, 0.05) is 50.4 Å². The minimum atomic E-state index is -0.792. The number of hydrogen-bond donors (Lipinski definition) is 1. The van der Waals surface area contributed by atoms with E-state index >= 15 is 0 Å². The summed E-state index contributed by atoms with van der Waals surface area (Å²) in [5.74, 6) is -1.88. The van der Waals surface area contributed by atoms with Crippen LogP contribution in [0.4, 0.5) is 8.78 Å². The summed E-state index contributed by atoms with van der Waals surface area (Å²) in [6.45, 7) is 5.47. The predicted octanol–water partition coefficient (Wildman–Crippen LogP) is 2.12. The van der Waals surface area contributed by atoms with Gasteiger partial charge in [0.1, 0.15) is 11.6 Å². The van der Waals surface area contributed by atoms with E-state index in [-0.39, 0.29) is 12.5 Å². The van der Waals surface area contributed by atoms with E-state index in [2.05, 4.69) is 9.80 Å². The molecule has 1 aromatic rings. The molecule has 21 heavy (non-hydrogen) atoms. The molecular formula is C15H20F2N2O2. The molecule has 0 aliphatic carbocycles. The van der Waals surface area contributed by atoms with E-state index < -0.39 is 17.6 Å². The molecule has 0 amide bonds. The SMILES string of the molecule is C[C@@H](c1ccc(F)cc1F)N1CCN(CCC(=O)O)CC1. The lowest BCUT2D eigenvalue weighted by Gasteiger charge is -2.38. The largest absolute Gasteiger partial charge is 0.481 e. The predicted molar refractivity (Wildman–Crippen MR) is 75.0 cm³/mol. The Morgan fingerprint density at radius 3 is 2.52 bits per heavy atom. The van der Waals surface area contributed by atoms with Gasteiger partial charge in [-0.05, 0) is 13.0 Å². The second kappa shape index (κ2) is 6.95. The third-order valence-electron chi connectivity index (χ3n) is 4.01. The molecule has 0 unspecified atom stereocenters. The molecule has 1 heterocycles. The van der Waals surface area contributed by atoms with Gasteiger partial charge >= 0.3 is 5.97 Å². The Morgan fingerprint density at radius 2 is 1.95 bits per heavy atom. The smallest absolute Gasteiger partial charge is 0.304 e. The maximum Gasteiger partial charge on any atom is 0.304 e. The lowest BCUT2D eigenvalue weighted by molar-refractivity contribution is -0.137. The van der Waals surface area contributed by atoms with Gasteiger partial charge in [0.25, 0.3) is 0 Å². The van der Waals surface area contributed by atoms with Gasteiger partial charge < -0.3 is 10.0 Å². The molecule has 116 valence electrons. The number of carboxylic acids is 1. The van der Waals surface area contributed by atoms with Crippen LogP contribution in [0.3, 0.4) is 0 Å². The van der Waals surface area contributed by atoms with Gasteiger partial charge in [-0.25, -0.2) is 8.78 Å². The molecule has 1 aliphatic rings. The fraction of sp³-hybridized carbons (Fsp3) is 0.533. The second-order valence-corrected chi connectivity index (χ2v) is 5.36. The highest BCUT2D eigenvalue weighted by Crippen LogP contribution is 2.24. The van der Waals surface area contributed by atoms with Gasteiger partial charge in [-0.3, -0.25) is 9.69 Å². The highest BCUT2D eigenvalue weighted by molar-refractivity contribution is 5.66. The van der Waals surface area contributed by atoms with Crippen LogP contribution in [0.15, 0.2) is 18.2 Å². The van der Waals surface area contributed by atoms with E-state index in [1.807, 2.05) is 6.92 Å². The summed E-state index contributed by atoms with van der Waals surface area (Å²) in [4.78, 5) is 14.8. The molecule has 4 nitrogen and oxygen atoms in total. The zero-order chi connectivity index (χ0) is 15.4. The van der Waals surface area contributed by atoms with Crippen LogP contribution >= 0.6 is 0 Å². The van der Waals surface area contributed by atoms with Crippen molar-refractivity contribution in [2.24, 2.45) is 0 Å². The number of rotatable bonds is 5. The number of benzene rings is 1. The molecule has 1 aromatic carbocycles. The maximum absolute atomic E-state index is 13.8. The molecule has 1 atom stereocenters. The van der Waals surface area contributed by atoms with Crippen molar-refractivity contribution in [3.8, 4) is 0 Å². The fourth-order valence-electron chi connectivity index (χ4n) is 2.67. The number of hydrogen-bond acceptors (Lipinski definition) is 3. The molecule has 1 saturated heterocycles. The summed E-state index contributed by atoms with van der Waals surface area (Å²) in [5.41, 5.74) is 0.496. The molecule has 0 aromatic heterocycles. The van der Waals surface area contributed by atoms with E-state index in [4.69, 9.17) is 5.11 Å². The number of carboxylic acid groups (broad SMARTS) is 1. The molecule has 1 aliphatic heterocycles. The number of aliphatic carboxylic acids is 1. The third-order valence-corrected chi connectivity index (χ3v) is 4.01. The molecule has 2 rings (SSSR count). The zero-order valence-corrected chi connectivity index (χ0v) is 12.1. The minimum Gasteiger partial charge on any atom is -0.481 e. The average molecular weight is 298 g/mol. The molecule has 1 fully saturated rings. The van der Waals surface area contributed by atoms with Crippen LogP contribution in [0, 0.1) is 11.6 Å². The topological polar surface area (TPSA) is 43.8 Å². The Bertz CT molecular complexity index is 502. The number of piperazine rings is 1. The van der Waals surface area contributed by atoms with Crippen LogP contribution in [0.1, 0.15) is 24.9 Å². The maximum atomic E-state index is 13.8. The quantitative estimate of drug-likeness (QED) is 0.904. The first-order valence-electron chi connectivity index (χ1n) is 7.10. The van der Waals surface area contributed by atoms with Crippen LogP contribution in [0.5, 0.6) is 0 Å². The molecule has 0 saturated carbocycles. The summed E-state index contributed by atoms with van der Waals surface area (Å²) >= 11 is 0. The van der Waals surface area contributed by atoms with Crippen LogP contribution < -0.4 is 0 Å². The van der Waals surface area contributed by atoms with Crippen molar-refractivity contribution in [1.82, 2.24) is 9.80 Å². The molecule has 6 heteroatoms. The summed E-state index contributed by atoms with van der Waals surface area (Å²) in [5, 5.41) is 8.68. The van der Waals surface area contributed by atoms with Crippen molar-refractivity contribution >= 4 is 5.97 Å². The van der Waals surface area contributed by atoms with Gasteiger partial charge in [-0.2, -0.15) is 0 Å². The Morgan fingerprint density at radius 1 is 1.29 bits per heavy atom. The lowest BCUT2D eigenvalue weighted by Crippen LogP contribution is -2.47. The van der Waals surface area contributed by atoms with Crippen molar-refractivity contribution in [1.29, 1.82) is 0 Å². The normalized spacial score (nSPS) is 18.6. The molecule has 0 radical (unpaired) electrons. The molecule has 1 N–H and O–H groups in total. The van der Waals surface area contributed by atoms with E-state index in [9.17, 15) is 13.6 Å². The highest BCUT2D eigenvalue weighted by atomic mass is 19.1. The monoisotopic (exact) mass is 298 g/mol. The minimum absolute atomic E-state index is 0.118. The lowest BCUT2D eigenvalue weighted by atomic mass is 10.1. The summed E-state index contributed by atoms with van der Waals surface area (Å²) in [7, 11) is 0. The Kier molecular flexibility index (Phi) is 5.25. The highest BCUT2D eigenvalue weighted by Gasteiger charge is 2.24. The van der Waals surface area contributed by atoms with Crippen LogP contribution in [0.25, 0.3) is 0 Å². The summed E-state index contributed by atoms with van der Waals surface area (Å²) in [6.07, 6.45) is 0.141. The number of halogens is 2.